The van der Waals surface area contributed by atoms with Crippen molar-refractivity contribution in [3.63, 3.8) is 0 Å². The fraction of sp³-hybridized carbons (Fsp3) is 0.0233. The molecule has 8 aromatic rings. The van der Waals surface area contributed by atoms with E-state index in [9.17, 15) is 0 Å². The van der Waals surface area contributed by atoms with Gasteiger partial charge in [0.15, 0.2) is 0 Å². The maximum atomic E-state index is 4.04. The van der Waals surface area contributed by atoms with Crippen LogP contribution in [0.3, 0.4) is 0 Å². The quantitative estimate of drug-likeness (QED) is 0.208. The molecule has 3 heterocycles. The van der Waals surface area contributed by atoms with Gasteiger partial charge in [0.25, 0.3) is 0 Å². The molecule has 2 aliphatic rings. The van der Waals surface area contributed by atoms with E-state index in [2.05, 4.69) is 168 Å². The zero-order valence-electron chi connectivity index (χ0n) is 25.4. The molecule has 0 aliphatic carbocycles. The molecule has 0 fully saturated rings. The molecular formula is C43H28N2S2. The second-order valence-electron chi connectivity index (χ2n) is 12.1. The Bertz CT molecular complexity index is 2430. The highest BCUT2D eigenvalue weighted by molar-refractivity contribution is 7.99. The van der Waals surface area contributed by atoms with E-state index in [0.717, 1.165) is 5.69 Å². The molecule has 0 spiro atoms. The molecule has 4 heteroatoms. The van der Waals surface area contributed by atoms with Gasteiger partial charge in [-0.05, 0) is 70.8 Å². The minimum atomic E-state index is 0.0426. The van der Waals surface area contributed by atoms with E-state index in [1.807, 2.05) is 23.1 Å². The summed E-state index contributed by atoms with van der Waals surface area (Å²) in [6.45, 7) is 0. The second kappa shape index (κ2) is 10.6. The van der Waals surface area contributed by atoms with Crippen LogP contribution < -0.4 is 10.2 Å². The fourth-order valence-corrected chi connectivity index (χ4v) is 9.60. The molecule has 2 aliphatic heterocycles. The summed E-state index contributed by atoms with van der Waals surface area (Å²) in [6.07, 6.45) is 0. The number of thiophene rings is 1. The van der Waals surface area contributed by atoms with Crippen LogP contribution in [0.4, 0.5) is 22.7 Å². The van der Waals surface area contributed by atoms with Gasteiger partial charge >= 0.3 is 0 Å². The van der Waals surface area contributed by atoms with Crippen molar-refractivity contribution in [3.8, 4) is 22.3 Å². The normalized spacial score (nSPS) is 14.6. The van der Waals surface area contributed by atoms with Crippen molar-refractivity contribution in [2.75, 3.05) is 10.2 Å². The number of anilines is 4. The van der Waals surface area contributed by atoms with Gasteiger partial charge in [0.2, 0.25) is 0 Å². The molecule has 10 rings (SSSR count). The number of rotatable bonds is 3. The molecule has 1 unspecified atom stereocenters. The van der Waals surface area contributed by atoms with E-state index >= 15 is 0 Å². The third-order valence-corrected chi connectivity index (χ3v) is 11.8. The summed E-state index contributed by atoms with van der Waals surface area (Å²) >= 11 is 3.73. The summed E-state index contributed by atoms with van der Waals surface area (Å²) < 4.78 is 2.66. The first-order chi connectivity index (χ1) is 23.3. The van der Waals surface area contributed by atoms with Gasteiger partial charge in [0, 0.05) is 46.8 Å². The van der Waals surface area contributed by atoms with Gasteiger partial charge in [-0.2, -0.15) is 0 Å². The van der Waals surface area contributed by atoms with Crippen molar-refractivity contribution >= 4 is 66.0 Å². The summed E-state index contributed by atoms with van der Waals surface area (Å²) in [5, 5.41) is 6.73. The summed E-state index contributed by atoms with van der Waals surface area (Å²) in [5.74, 6) is 0. The molecule has 0 radical (unpaired) electrons. The number of hydrogen-bond donors (Lipinski definition) is 1. The van der Waals surface area contributed by atoms with Crippen LogP contribution in [0.15, 0.2) is 168 Å². The van der Waals surface area contributed by atoms with Crippen LogP contribution >= 0.6 is 23.1 Å². The Morgan fingerprint density at radius 3 is 2.00 bits per heavy atom. The van der Waals surface area contributed by atoms with Gasteiger partial charge in [-0.15, -0.1) is 11.3 Å². The number of fused-ring (bicyclic) bond motifs is 9. The third-order valence-electron chi connectivity index (χ3n) is 9.51. The van der Waals surface area contributed by atoms with Crippen LogP contribution in [-0.2, 0) is 0 Å². The Balaban J connectivity index is 1.15. The fourth-order valence-electron chi connectivity index (χ4n) is 7.42. The van der Waals surface area contributed by atoms with Crippen LogP contribution in [0, 0.1) is 0 Å². The number of nitrogens with one attached hydrogen (secondary N) is 1. The molecular weight excluding hydrogens is 609 g/mol. The number of hydrogen-bond acceptors (Lipinski definition) is 4. The van der Waals surface area contributed by atoms with E-state index in [1.165, 1.54) is 80.4 Å². The molecule has 2 nitrogen and oxygen atoms in total. The molecule has 0 saturated heterocycles. The predicted molar refractivity (Wildman–Crippen MR) is 201 cm³/mol. The summed E-state index contributed by atoms with van der Waals surface area (Å²) in [4.78, 5) is 4.94. The van der Waals surface area contributed by atoms with E-state index in [0.29, 0.717) is 0 Å². The maximum Gasteiger partial charge on any atom is 0.0774 e. The lowest BCUT2D eigenvalue weighted by molar-refractivity contribution is 0.933. The van der Waals surface area contributed by atoms with E-state index in [1.54, 1.807) is 0 Å². The lowest BCUT2D eigenvalue weighted by Crippen LogP contribution is -2.19. The van der Waals surface area contributed by atoms with Crippen molar-refractivity contribution in [3.05, 3.63) is 169 Å². The summed E-state index contributed by atoms with van der Waals surface area (Å²) in [7, 11) is 0. The SMILES string of the molecule is c1ccc(C2Nc3c(-c4ccc(N5c6ccccc6Sc6ccccc65)cc4)cccc3-c3c2ccc2sc4ccccc4c32)cc1. The number of para-hydroxylation sites is 3. The topological polar surface area (TPSA) is 15.3 Å². The first kappa shape index (κ1) is 26.9. The van der Waals surface area contributed by atoms with E-state index < -0.39 is 0 Å². The van der Waals surface area contributed by atoms with Gasteiger partial charge in [0.05, 0.1) is 23.1 Å². The van der Waals surface area contributed by atoms with Gasteiger partial charge in [-0.25, -0.2) is 0 Å². The standard InChI is InChI=1S/C43H28N2S2/c1-2-11-28(12-3-1)42-33-25-26-39-41(31-13-4-7-18-36(31)46-39)40(33)32-15-10-14-30(43(32)44-42)27-21-23-29(24-22-27)45-34-16-5-8-19-37(34)47-38-20-9-6-17-35(38)45/h1-26,42,44H. The first-order valence-electron chi connectivity index (χ1n) is 16.0. The highest BCUT2D eigenvalue weighted by Gasteiger charge is 2.30. The highest BCUT2D eigenvalue weighted by atomic mass is 32.2. The lowest BCUT2D eigenvalue weighted by atomic mass is 9.82. The summed E-state index contributed by atoms with van der Waals surface area (Å²) in [5.41, 5.74) is 12.4. The van der Waals surface area contributed by atoms with Gasteiger partial charge in [-0.3, -0.25) is 0 Å². The zero-order chi connectivity index (χ0) is 30.9. The average molecular weight is 637 g/mol. The zero-order valence-corrected chi connectivity index (χ0v) is 27.0. The Labute approximate surface area is 282 Å². The Kier molecular flexibility index (Phi) is 6.08. The molecule has 7 aromatic carbocycles. The average Bonchev–Trinajstić information content (AvgIpc) is 3.53. The van der Waals surface area contributed by atoms with Gasteiger partial charge in [0.1, 0.15) is 0 Å². The first-order valence-corrected chi connectivity index (χ1v) is 17.6. The smallest absolute Gasteiger partial charge is 0.0774 e. The van der Waals surface area contributed by atoms with Crippen LogP contribution in [-0.4, -0.2) is 0 Å². The molecule has 222 valence electrons. The van der Waals surface area contributed by atoms with Crippen LogP contribution in [0.25, 0.3) is 42.4 Å². The van der Waals surface area contributed by atoms with E-state index in [4.69, 9.17) is 0 Å². The third kappa shape index (κ3) is 4.19. The maximum absolute atomic E-state index is 4.04. The molecule has 1 aromatic heterocycles. The Hall–Kier alpha value is -5.29. The predicted octanol–water partition coefficient (Wildman–Crippen LogP) is 12.8. The summed E-state index contributed by atoms with van der Waals surface area (Å²) in [6, 6.07) is 57.7. The van der Waals surface area contributed by atoms with Crippen molar-refractivity contribution in [2.45, 2.75) is 15.8 Å². The Morgan fingerprint density at radius 2 is 1.21 bits per heavy atom. The van der Waals surface area contributed by atoms with Crippen molar-refractivity contribution in [1.29, 1.82) is 0 Å². The van der Waals surface area contributed by atoms with E-state index in [-0.39, 0.29) is 6.04 Å². The van der Waals surface area contributed by atoms with Crippen molar-refractivity contribution in [2.24, 2.45) is 0 Å². The Morgan fingerprint density at radius 1 is 0.532 bits per heavy atom. The largest absolute Gasteiger partial charge is 0.373 e. The highest BCUT2D eigenvalue weighted by Crippen LogP contribution is 2.54. The van der Waals surface area contributed by atoms with Crippen molar-refractivity contribution < 1.29 is 0 Å². The molecule has 47 heavy (non-hydrogen) atoms. The molecule has 0 amide bonds. The number of nitrogens with zero attached hydrogens (tertiary/aromatic N) is 1. The van der Waals surface area contributed by atoms with Crippen LogP contribution in [0.1, 0.15) is 17.2 Å². The monoisotopic (exact) mass is 636 g/mol. The molecule has 0 bridgehead atoms. The van der Waals surface area contributed by atoms with Gasteiger partial charge in [-0.1, -0.05) is 121 Å². The minimum Gasteiger partial charge on any atom is -0.373 e. The lowest BCUT2D eigenvalue weighted by Gasteiger charge is -2.33. The minimum absolute atomic E-state index is 0.0426. The molecule has 0 saturated carbocycles. The van der Waals surface area contributed by atoms with Crippen LogP contribution in [0.5, 0.6) is 0 Å². The second-order valence-corrected chi connectivity index (χ2v) is 14.3. The van der Waals surface area contributed by atoms with Crippen LogP contribution in [0.2, 0.25) is 0 Å². The van der Waals surface area contributed by atoms with Gasteiger partial charge < -0.3 is 10.2 Å². The molecule has 1 N–H and O–H groups in total. The van der Waals surface area contributed by atoms with Crippen molar-refractivity contribution in [1.82, 2.24) is 0 Å². The number of benzene rings is 7. The molecule has 1 atom stereocenters.